The van der Waals surface area contributed by atoms with Gasteiger partial charge >= 0.3 is 5.97 Å². The number of carboxylic acid groups (broad SMARTS) is 1. The van der Waals surface area contributed by atoms with Gasteiger partial charge in [-0.25, -0.2) is 4.79 Å². The highest BCUT2D eigenvalue weighted by Crippen LogP contribution is 2.11. The lowest BCUT2D eigenvalue weighted by Crippen LogP contribution is -2.59. The van der Waals surface area contributed by atoms with E-state index < -0.39 is 12.0 Å². The number of carboxylic acids is 1. The SMILES string of the molecule is CC(C)CCC(=O)N1CC(=O)NCC1C(=O)O. The van der Waals surface area contributed by atoms with Crippen molar-refractivity contribution in [3.8, 4) is 0 Å². The Morgan fingerprint density at radius 2 is 2.18 bits per heavy atom. The van der Waals surface area contributed by atoms with Crippen LogP contribution in [0.1, 0.15) is 26.7 Å². The number of rotatable bonds is 4. The standard InChI is InChI=1S/C11H18N2O4/c1-7(2)3-4-10(15)13-6-9(14)12-5-8(13)11(16)17/h7-8H,3-6H2,1-2H3,(H,12,14)(H,16,17). The van der Waals surface area contributed by atoms with Crippen molar-refractivity contribution in [3.05, 3.63) is 0 Å². The molecule has 0 saturated carbocycles. The van der Waals surface area contributed by atoms with Gasteiger partial charge in [0, 0.05) is 13.0 Å². The van der Waals surface area contributed by atoms with Crippen LogP contribution in [0, 0.1) is 5.92 Å². The Bertz CT molecular complexity index is 327. The van der Waals surface area contributed by atoms with Gasteiger partial charge in [-0.1, -0.05) is 13.8 Å². The van der Waals surface area contributed by atoms with Crippen LogP contribution in [0.25, 0.3) is 0 Å². The molecule has 1 heterocycles. The van der Waals surface area contributed by atoms with E-state index in [0.717, 1.165) is 4.90 Å². The quantitative estimate of drug-likeness (QED) is 0.717. The topological polar surface area (TPSA) is 86.7 Å². The van der Waals surface area contributed by atoms with Gasteiger partial charge in [0.05, 0.1) is 0 Å². The first-order valence-corrected chi connectivity index (χ1v) is 5.70. The zero-order valence-corrected chi connectivity index (χ0v) is 10.1. The van der Waals surface area contributed by atoms with Gasteiger partial charge in [0.25, 0.3) is 0 Å². The smallest absolute Gasteiger partial charge is 0.328 e. The lowest BCUT2D eigenvalue weighted by molar-refractivity contribution is -0.154. The van der Waals surface area contributed by atoms with Crippen LogP contribution in [0.2, 0.25) is 0 Å². The molecule has 17 heavy (non-hydrogen) atoms. The molecule has 1 saturated heterocycles. The number of nitrogens with one attached hydrogen (secondary N) is 1. The van der Waals surface area contributed by atoms with Gasteiger partial charge in [-0.05, 0) is 12.3 Å². The first-order chi connectivity index (χ1) is 7.91. The molecule has 0 radical (unpaired) electrons. The molecule has 1 aliphatic heterocycles. The van der Waals surface area contributed by atoms with Crippen LogP contribution >= 0.6 is 0 Å². The molecule has 0 aromatic carbocycles. The molecule has 1 unspecified atom stereocenters. The van der Waals surface area contributed by atoms with Crippen molar-refractivity contribution < 1.29 is 19.5 Å². The molecule has 2 N–H and O–H groups in total. The molecular weight excluding hydrogens is 224 g/mol. The Kier molecular flexibility index (Phi) is 4.48. The number of piperazine rings is 1. The van der Waals surface area contributed by atoms with Crippen LogP contribution in [0.4, 0.5) is 0 Å². The first-order valence-electron chi connectivity index (χ1n) is 5.70. The number of amides is 2. The number of nitrogens with zero attached hydrogens (tertiary/aromatic N) is 1. The van der Waals surface area contributed by atoms with Crippen molar-refractivity contribution >= 4 is 17.8 Å². The predicted molar refractivity (Wildman–Crippen MR) is 60.2 cm³/mol. The van der Waals surface area contributed by atoms with Gasteiger partial charge in [0.15, 0.2) is 0 Å². The number of hydrogen-bond donors (Lipinski definition) is 2. The van der Waals surface area contributed by atoms with Crippen molar-refractivity contribution in [3.63, 3.8) is 0 Å². The highest BCUT2D eigenvalue weighted by molar-refractivity contribution is 5.91. The third-order valence-corrected chi connectivity index (χ3v) is 2.72. The van der Waals surface area contributed by atoms with Gasteiger partial charge in [-0.2, -0.15) is 0 Å². The van der Waals surface area contributed by atoms with E-state index in [9.17, 15) is 14.4 Å². The summed E-state index contributed by atoms with van der Waals surface area (Å²) in [4.78, 5) is 35.2. The van der Waals surface area contributed by atoms with E-state index in [1.54, 1.807) is 0 Å². The summed E-state index contributed by atoms with van der Waals surface area (Å²) in [5, 5.41) is 11.4. The minimum atomic E-state index is -1.08. The van der Waals surface area contributed by atoms with Crippen molar-refractivity contribution in [1.82, 2.24) is 10.2 Å². The summed E-state index contributed by atoms with van der Waals surface area (Å²) in [7, 11) is 0. The zero-order valence-electron chi connectivity index (χ0n) is 10.1. The number of carbonyl (C=O) groups excluding carboxylic acids is 2. The average Bonchev–Trinajstić information content (AvgIpc) is 2.25. The number of aliphatic carboxylic acids is 1. The van der Waals surface area contributed by atoms with Crippen LogP contribution in [0.5, 0.6) is 0 Å². The summed E-state index contributed by atoms with van der Waals surface area (Å²) >= 11 is 0. The van der Waals surface area contributed by atoms with E-state index in [1.807, 2.05) is 13.8 Å². The molecule has 0 spiro atoms. The summed E-state index contributed by atoms with van der Waals surface area (Å²) in [5.41, 5.74) is 0. The summed E-state index contributed by atoms with van der Waals surface area (Å²) in [6.07, 6.45) is 0.984. The van der Waals surface area contributed by atoms with Gasteiger partial charge in [0.2, 0.25) is 11.8 Å². The van der Waals surface area contributed by atoms with Gasteiger partial charge in [-0.3, -0.25) is 9.59 Å². The number of hydrogen-bond acceptors (Lipinski definition) is 3. The minimum absolute atomic E-state index is 0.0123. The van der Waals surface area contributed by atoms with Crippen LogP contribution in [0.3, 0.4) is 0 Å². The van der Waals surface area contributed by atoms with Crippen molar-refractivity contribution in [2.24, 2.45) is 5.92 Å². The Hall–Kier alpha value is -1.59. The van der Waals surface area contributed by atoms with Crippen LogP contribution < -0.4 is 5.32 Å². The minimum Gasteiger partial charge on any atom is -0.480 e. The fourth-order valence-corrected chi connectivity index (χ4v) is 1.68. The molecule has 0 bridgehead atoms. The third kappa shape index (κ3) is 3.72. The summed E-state index contributed by atoms with van der Waals surface area (Å²) < 4.78 is 0. The van der Waals surface area contributed by atoms with Crippen molar-refractivity contribution in [2.75, 3.05) is 13.1 Å². The van der Waals surface area contributed by atoms with E-state index in [0.29, 0.717) is 12.3 Å². The Morgan fingerprint density at radius 3 is 2.71 bits per heavy atom. The molecule has 2 amide bonds. The molecule has 0 aromatic rings. The summed E-state index contributed by atoms with van der Waals surface area (Å²) in [6.45, 7) is 3.81. The van der Waals surface area contributed by atoms with E-state index in [1.165, 1.54) is 0 Å². The molecular formula is C11H18N2O4. The van der Waals surface area contributed by atoms with Crippen LogP contribution in [-0.2, 0) is 14.4 Å². The van der Waals surface area contributed by atoms with E-state index in [-0.39, 0.29) is 31.3 Å². The molecule has 96 valence electrons. The Morgan fingerprint density at radius 1 is 1.53 bits per heavy atom. The second-order valence-corrected chi connectivity index (χ2v) is 4.61. The molecule has 0 aromatic heterocycles. The number of carbonyl (C=O) groups is 3. The lowest BCUT2D eigenvalue weighted by Gasteiger charge is -2.32. The lowest BCUT2D eigenvalue weighted by atomic mass is 10.1. The van der Waals surface area contributed by atoms with Gasteiger partial charge in [-0.15, -0.1) is 0 Å². The molecule has 1 rings (SSSR count). The van der Waals surface area contributed by atoms with Gasteiger partial charge in [0.1, 0.15) is 12.6 Å². The fraction of sp³-hybridized carbons (Fsp3) is 0.727. The molecule has 6 nitrogen and oxygen atoms in total. The maximum Gasteiger partial charge on any atom is 0.328 e. The highest BCUT2D eigenvalue weighted by atomic mass is 16.4. The van der Waals surface area contributed by atoms with Gasteiger partial charge < -0.3 is 15.3 Å². The summed E-state index contributed by atoms with van der Waals surface area (Å²) in [6, 6.07) is -0.938. The van der Waals surface area contributed by atoms with Crippen LogP contribution in [0.15, 0.2) is 0 Å². The van der Waals surface area contributed by atoms with E-state index in [2.05, 4.69) is 5.32 Å². The van der Waals surface area contributed by atoms with Crippen molar-refractivity contribution in [1.29, 1.82) is 0 Å². The Labute approximate surface area is 100.0 Å². The average molecular weight is 242 g/mol. The Balaban J connectivity index is 2.65. The maximum absolute atomic E-state index is 11.8. The monoisotopic (exact) mass is 242 g/mol. The fourth-order valence-electron chi connectivity index (χ4n) is 1.68. The molecule has 1 fully saturated rings. The second kappa shape index (κ2) is 5.65. The largest absolute Gasteiger partial charge is 0.480 e. The third-order valence-electron chi connectivity index (χ3n) is 2.72. The molecule has 0 aliphatic carbocycles. The van der Waals surface area contributed by atoms with Crippen LogP contribution in [-0.4, -0.2) is 46.9 Å². The van der Waals surface area contributed by atoms with E-state index in [4.69, 9.17) is 5.11 Å². The predicted octanol–water partition coefficient (Wildman–Crippen LogP) is -0.166. The zero-order chi connectivity index (χ0) is 13.0. The normalized spacial score (nSPS) is 20.3. The second-order valence-electron chi connectivity index (χ2n) is 4.61. The summed E-state index contributed by atoms with van der Waals surface area (Å²) in [5.74, 6) is -1.27. The molecule has 6 heteroatoms. The molecule has 1 atom stereocenters. The first kappa shape index (κ1) is 13.5. The highest BCUT2D eigenvalue weighted by Gasteiger charge is 2.34. The molecule has 1 aliphatic rings. The van der Waals surface area contributed by atoms with E-state index >= 15 is 0 Å². The van der Waals surface area contributed by atoms with Crippen molar-refractivity contribution in [2.45, 2.75) is 32.7 Å². The maximum atomic E-state index is 11.8.